The Morgan fingerprint density at radius 3 is 3.23 bits per heavy atom. The number of carbonyl (C=O) groups excluding carboxylic acids is 1. The molecule has 1 aromatic rings. The molecule has 0 aliphatic carbocycles. The normalized spacial score (nSPS) is 10.5. The second-order valence-electron chi connectivity index (χ2n) is 1.98. The molecule has 0 amide bonds. The first-order valence-electron chi connectivity index (χ1n) is 3.52. The zero-order valence-corrected chi connectivity index (χ0v) is 7.74. The lowest BCUT2D eigenvalue weighted by Crippen LogP contribution is -2.07. The highest BCUT2D eigenvalue weighted by molar-refractivity contribution is 7.07. The summed E-state index contributed by atoms with van der Waals surface area (Å²) >= 11 is 1.04. The zero-order chi connectivity index (χ0) is 9.68. The van der Waals surface area contributed by atoms with Gasteiger partial charge in [-0.1, -0.05) is 4.49 Å². The molecule has 0 radical (unpaired) electrons. The van der Waals surface area contributed by atoms with Gasteiger partial charge in [-0.15, -0.1) is 5.10 Å². The van der Waals surface area contributed by atoms with Crippen molar-refractivity contribution in [3.63, 3.8) is 0 Å². The van der Waals surface area contributed by atoms with Crippen molar-refractivity contribution in [1.82, 2.24) is 9.59 Å². The van der Waals surface area contributed by atoms with Gasteiger partial charge in [0.1, 0.15) is 4.88 Å². The van der Waals surface area contributed by atoms with Crippen LogP contribution >= 0.6 is 11.5 Å². The molecule has 0 unspecified atom stereocenters. The predicted molar refractivity (Wildman–Crippen MR) is 47.6 cm³/mol. The molecule has 1 rings (SSSR count). The van der Waals surface area contributed by atoms with Crippen LogP contribution in [-0.2, 0) is 4.74 Å². The number of ether oxygens (including phenoxy) is 1. The number of nitrogens with two attached hydrogens (primary N) is 1. The van der Waals surface area contributed by atoms with E-state index in [0.717, 1.165) is 11.5 Å². The lowest BCUT2D eigenvalue weighted by molar-refractivity contribution is 0.0519. The molecular formula is C6H8N4O2S. The van der Waals surface area contributed by atoms with Crippen molar-refractivity contribution < 1.29 is 9.53 Å². The molecule has 0 spiro atoms. The summed E-state index contributed by atoms with van der Waals surface area (Å²) in [6, 6.07) is 0. The van der Waals surface area contributed by atoms with Crippen molar-refractivity contribution in [1.29, 1.82) is 0 Å². The van der Waals surface area contributed by atoms with Crippen LogP contribution in [0.3, 0.4) is 0 Å². The first-order chi connectivity index (χ1) is 6.29. The first-order valence-corrected chi connectivity index (χ1v) is 4.29. The average molecular weight is 200 g/mol. The molecule has 0 fully saturated rings. The maximum atomic E-state index is 11.2. The van der Waals surface area contributed by atoms with Crippen LogP contribution < -0.4 is 5.84 Å². The topological polar surface area (TPSA) is 90.5 Å². The summed E-state index contributed by atoms with van der Waals surface area (Å²) in [7, 11) is 0. The van der Waals surface area contributed by atoms with Crippen LogP contribution in [0.2, 0.25) is 0 Å². The van der Waals surface area contributed by atoms with Gasteiger partial charge in [-0.2, -0.15) is 5.10 Å². The molecule has 0 saturated heterocycles. The van der Waals surface area contributed by atoms with E-state index in [2.05, 4.69) is 14.7 Å². The molecule has 0 saturated carbocycles. The van der Waals surface area contributed by atoms with Crippen LogP contribution in [0.15, 0.2) is 5.10 Å². The van der Waals surface area contributed by atoms with E-state index in [-0.39, 0.29) is 5.69 Å². The van der Waals surface area contributed by atoms with Crippen molar-refractivity contribution in [2.45, 2.75) is 6.92 Å². The fourth-order valence-electron chi connectivity index (χ4n) is 0.691. The smallest absolute Gasteiger partial charge is 0.360 e. The van der Waals surface area contributed by atoms with E-state index in [1.165, 1.54) is 6.21 Å². The van der Waals surface area contributed by atoms with E-state index in [1.807, 2.05) is 0 Å². The number of hydrogen-bond acceptors (Lipinski definition) is 7. The van der Waals surface area contributed by atoms with Crippen LogP contribution in [0.25, 0.3) is 0 Å². The third-order valence-electron chi connectivity index (χ3n) is 1.17. The van der Waals surface area contributed by atoms with Gasteiger partial charge in [0.05, 0.1) is 12.8 Å². The molecule has 70 valence electrons. The Labute approximate surface area is 78.6 Å². The van der Waals surface area contributed by atoms with E-state index in [9.17, 15) is 4.79 Å². The van der Waals surface area contributed by atoms with E-state index < -0.39 is 5.97 Å². The van der Waals surface area contributed by atoms with E-state index in [1.54, 1.807) is 6.92 Å². The number of hydrogen-bond donors (Lipinski definition) is 1. The van der Waals surface area contributed by atoms with Crippen LogP contribution in [0.5, 0.6) is 0 Å². The van der Waals surface area contributed by atoms with Crippen LogP contribution in [0.4, 0.5) is 0 Å². The van der Waals surface area contributed by atoms with Gasteiger partial charge in [0.15, 0.2) is 5.69 Å². The Kier molecular flexibility index (Phi) is 3.32. The molecular weight excluding hydrogens is 192 g/mol. The minimum Gasteiger partial charge on any atom is -0.461 e. The van der Waals surface area contributed by atoms with Crippen molar-refractivity contribution in [3.8, 4) is 0 Å². The van der Waals surface area contributed by atoms with Crippen LogP contribution in [-0.4, -0.2) is 28.4 Å². The maximum Gasteiger partial charge on any atom is 0.360 e. The maximum absolute atomic E-state index is 11.2. The second-order valence-corrected chi connectivity index (χ2v) is 2.77. The fraction of sp³-hybridized carbons (Fsp3) is 0.333. The number of hydrazone groups is 1. The fourth-order valence-corrected chi connectivity index (χ4v) is 1.22. The van der Waals surface area contributed by atoms with Gasteiger partial charge in [-0.3, -0.25) is 0 Å². The number of nitrogens with zero attached hydrogens (tertiary/aromatic N) is 3. The minimum atomic E-state index is -0.508. The number of carbonyl (C=O) groups is 1. The van der Waals surface area contributed by atoms with Gasteiger partial charge in [0.25, 0.3) is 0 Å². The summed E-state index contributed by atoms with van der Waals surface area (Å²) in [6.07, 6.45) is 1.32. The molecule has 1 aromatic heterocycles. The largest absolute Gasteiger partial charge is 0.461 e. The third-order valence-corrected chi connectivity index (χ3v) is 1.83. The minimum absolute atomic E-state index is 0.154. The van der Waals surface area contributed by atoms with Gasteiger partial charge < -0.3 is 10.6 Å². The summed E-state index contributed by atoms with van der Waals surface area (Å²) in [5.41, 5.74) is 0.154. The lowest BCUT2D eigenvalue weighted by Gasteiger charge is -1.96. The summed E-state index contributed by atoms with van der Waals surface area (Å²) in [6.45, 7) is 2.02. The van der Waals surface area contributed by atoms with E-state index in [0.29, 0.717) is 11.5 Å². The van der Waals surface area contributed by atoms with Crippen molar-refractivity contribution in [3.05, 3.63) is 10.6 Å². The van der Waals surface area contributed by atoms with Crippen molar-refractivity contribution in [2.75, 3.05) is 6.61 Å². The summed E-state index contributed by atoms with van der Waals surface area (Å²) in [5, 5.41) is 6.88. The quantitative estimate of drug-likeness (QED) is 0.321. The highest BCUT2D eigenvalue weighted by Crippen LogP contribution is 2.08. The van der Waals surface area contributed by atoms with Gasteiger partial charge >= 0.3 is 5.97 Å². The summed E-state index contributed by atoms with van der Waals surface area (Å²) in [4.78, 5) is 11.7. The lowest BCUT2D eigenvalue weighted by atomic mass is 10.4. The Bertz CT molecular complexity index is 322. The Balaban J connectivity index is 2.87. The zero-order valence-electron chi connectivity index (χ0n) is 6.93. The van der Waals surface area contributed by atoms with E-state index >= 15 is 0 Å². The molecule has 0 aromatic carbocycles. The van der Waals surface area contributed by atoms with Gasteiger partial charge in [-0.05, 0) is 18.5 Å². The molecule has 0 bridgehead atoms. The molecule has 6 nitrogen and oxygen atoms in total. The highest BCUT2D eigenvalue weighted by Gasteiger charge is 2.15. The highest BCUT2D eigenvalue weighted by atomic mass is 32.1. The second kappa shape index (κ2) is 4.51. The van der Waals surface area contributed by atoms with Crippen LogP contribution in [0, 0.1) is 0 Å². The average Bonchev–Trinajstić information content (AvgIpc) is 2.54. The summed E-state index contributed by atoms with van der Waals surface area (Å²) in [5.74, 6) is 4.42. The standard InChI is InChI=1S/C6H8N4O2S/c1-2-12-6(11)5-4(3-8-7)13-10-9-5/h3H,2,7H2,1H3/b8-3-. The number of esters is 1. The first kappa shape index (κ1) is 9.59. The van der Waals surface area contributed by atoms with Gasteiger partial charge in [0.2, 0.25) is 0 Å². The van der Waals surface area contributed by atoms with E-state index in [4.69, 9.17) is 10.6 Å². The molecule has 7 heteroatoms. The Morgan fingerprint density at radius 1 is 1.85 bits per heavy atom. The molecule has 0 aliphatic rings. The summed E-state index contributed by atoms with van der Waals surface area (Å²) < 4.78 is 8.32. The van der Waals surface area contributed by atoms with Gasteiger partial charge in [-0.25, -0.2) is 4.79 Å². The molecule has 0 atom stereocenters. The third kappa shape index (κ3) is 2.22. The van der Waals surface area contributed by atoms with Crippen molar-refractivity contribution in [2.24, 2.45) is 10.9 Å². The molecule has 1 heterocycles. The number of aromatic nitrogens is 2. The number of rotatable bonds is 3. The predicted octanol–water partition coefficient (Wildman–Crippen LogP) is 0.00740. The molecule has 13 heavy (non-hydrogen) atoms. The Morgan fingerprint density at radius 2 is 2.62 bits per heavy atom. The van der Waals surface area contributed by atoms with Gasteiger partial charge in [0, 0.05) is 0 Å². The monoisotopic (exact) mass is 200 g/mol. The SMILES string of the molecule is CCOC(=O)c1nnsc1/C=N\N. The van der Waals surface area contributed by atoms with Crippen LogP contribution in [0.1, 0.15) is 22.3 Å². The molecule has 2 N–H and O–H groups in total. The molecule has 0 aliphatic heterocycles. The van der Waals surface area contributed by atoms with Crippen molar-refractivity contribution >= 4 is 23.7 Å². The Hall–Kier alpha value is -1.50.